The van der Waals surface area contributed by atoms with Gasteiger partial charge in [0.25, 0.3) is 0 Å². The van der Waals surface area contributed by atoms with Crippen molar-refractivity contribution in [3.05, 3.63) is 64.9 Å². The van der Waals surface area contributed by atoms with Crippen LogP contribution >= 0.6 is 23.4 Å². The lowest BCUT2D eigenvalue weighted by molar-refractivity contribution is -0.129. The zero-order chi connectivity index (χ0) is 15.9. The summed E-state index contributed by atoms with van der Waals surface area (Å²) in [7, 11) is 0. The zero-order valence-corrected chi connectivity index (χ0v) is 14.3. The number of carbonyl (C=O) groups is 1. The van der Waals surface area contributed by atoms with Gasteiger partial charge in [-0.2, -0.15) is 11.8 Å². The minimum Gasteiger partial charge on any atom is -0.331 e. The number of amides is 1. The summed E-state index contributed by atoms with van der Waals surface area (Å²) in [6.45, 7) is 2.64. The lowest BCUT2D eigenvalue weighted by atomic mass is 9.98. The average Bonchev–Trinajstić information content (AvgIpc) is 2.54. The number of hydrogen-bond acceptors (Lipinski definition) is 3. The van der Waals surface area contributed by atoms with Crippen molar-refractivity contribution in [2.45, 2.75) is 13.0 Å². The maximum absolute atomic E-state index is 12.5. The first-order chi connectivity index (χ1) is 10.7. The van der Waals surface area contributed by atoms with E-state index in [4.69, 9.17) is 11.6 Å². The molecule has 0 bridgehead atoms. The Morgan fingerprint density at radius 3 is 2.55 bits per heavy atom. The van der Waals surface area contributed by atoms with E-state index in [0.717, 1.165) is 11.1 Å². The minimum atomic E-state index is -0.143. The van der Waals surface area contributed by atoms with Crippen molar-refractivity contribution in [1.82, 2.24) is 9.88 Å². The smallest absolute Gasteiger partial charge is 0.233 e. The van der Waals surface area contributed by atoms with E-state index < -0.39 is 0 Å². The van der Waals surface area contributed by atoms with Gasteiger partial charge in [0.05, 0.1) is 11.8 Å². The lowest BCUT2D eigenvalue weighted by Crippen LogP contribution is -2.36. The maximum Gasteiger partial charge on any atom is 0.233 e. The molecule has 0 aliphatic heterocycles. The highest BCUT2D eigenvalue weighted by Gasteiger charge is 2.25. The van der Waals surface area contributed by atoms with E-state index in [-0.39, 0.29) is 11.9 Å². The number of pyridine rings is 1. The summed E-state index contributed by atoms with van der Waals surface area (Å²) in [4.78, 5) is 18.6. The van der Waals surface area contributed by atoms with Crippen molar-refractivity contribution < 1.29 is 4.79 Å². The quantitative estimate of drug-likeness (QED) is 0.799. The SMILES string of the molecule is CCN(C(=O)CSC)[C@@H](c1ccc(Cl)cc1)c1cccnc1. The first-order valence-corrected chi connectivity index (χ1v) is 8.88. The van der Waals surface area contributed by atoms with E-state index in [1.165, 1.54) is 11.8 Å². The third-order valence-corrected chi connectivity index (χ3v) is 4.21. The molecule has 1 aromatic heterocycles. The summed E-state index contributed by atoms with van der Waals surface area (Å²) in [5, 5.41) is 0.687. The molecule has 2 rings (SSSR count). The Labute approximate surface area is 140 Å². The highest BCUT2D eigenvalue weighted by molar-refractivity contribution is 7.99. The molecule has 0 spiro atoms. The first kappa shape index (κ1) is 16.8. The largest absolute Gasteiger partial charge is 0.331 e. The average molecular weight is 335 g/mol. The molecule has 0 saturated carbocycles. The van der Waals surface area contributed by atoms with Gasteiger partial charge in [0.15, 0.2) is 0 Å². The van der Waals surface area contributed by atoms with Gasteiger partial charge >= 0.3 is 0 Å². The maximum atomic E-state index is 12.5. The van der Waals surface area contributed by atoms with Crippen LogP contribution in [-0.2, 0) is 4.79 Å². The highest BCUT2D eigenvalue weighted by Crippen LogP contribution is 2.29. The van der Waals surface area contributed by atoms with Gasteiger partial charge in [-0.15, -0.1) is 0 Å². The van der Waals surface area contributed by atoms with E-state index in [9.17, 15) is 4.79 Å². The van der Waals surface area contributed by atoms with E-state index >= 15 is 0 Å². The number of aromatic nitrogens is 1. The summed E-state index contributed by atoms with van der Waals surface area (Å²) < 4.78 is 0. The van der Waals surface area contributed by atoms with Crippen molar-refractivity contribution in [2.24, 2.45) is 0 Å². The van der Waals surface area contributed by atoms with Crippen molar-refractivity contribution in [1.29, 1.82) is 0 Å². The van der Waals surface area contributed by atoms with Crippen LogP contribution in [0, 0.1) is 0 Å². The van der Waals surface area contributed by atoms with Crippen molar-refractivity contribution in [3.8, 4) is 0 Å². The normalized spacial score (nSPS) is 12.0. The van der Waals surface area contributed by atoms with Crippen LogP contribution in [0.2, 0.25) is 5.02 Å². The van der Waals surface area contributed by atoms with E-state index in [1.807, 2.05) is 60.7 Å². The fraction of sp³-hybridized carbons (Fsp3) is 0.294. The van der Waals surface area contributed by atoms with Gasteiger partial charge in [0.2, 0.25) is 5.91 Å². The lowest BCUT2D eigenvalue weighted by Gasteiger charge is -2.31. The monoisotopic (exact) mass is 334 g/mol. The summed E-state index contributed by atoms with van der Waals surface area (Å²) in [6.07, 6.45) is 5.49. The minimum absolute atomic E-state index is 0.124. The number of halogens is 1. The Bertz CT molecular complexity index is 604. The molecule has 116 valence electrons. The Morgan fingerprint density at radius 1 is 1.27 bits per heavy atom. The molecule has 0 aliphatic carbocycles. The van der Waals surface area contributed by atoms with Crippen LogP contribution in [0.3, 0.4) is 0 Å². The second-order valence-corrected chi connectivity index (χ2v) is 6.16. The number of benzene rings is 1. The van der Waals surface area contributed by atoms with Crippen molar-refractivity contribution in [3.63, 3.8) is 0 Å². The van der Waals surface area contributed by atoms with Crippen LogP contribution in [0.15, 0.2) is 48.8 Å². The molecule has 3 nitrogen and oxygen atoms in total. The topological polar surface area (TPSA) is 33.2 Å². The van der Waals surface area contributed by atoms with Crippen molar-refractivity contribution in [2.75, 3.05) is 18.6 Å². The van der Waals surface area contributed by atoms with Gasteiger partial charge < -0.3 is 4.90 Å². The molecule has 0 radical (unpaired) electrons. The Morgan fingerprint density at radius 2 is 2.00 bits per heavy atom. The molecule has 1 amide bonds. The predicted octanol–water partition coefficient (Wildman–Crippen LogP) is 4.04. The second kappa shape index (κ2) is 8.20. The van der Waals surface area contributed by atoms with Crippen LogP contribution in [0.1, 0.15) is 24.1 Å². The van der Waals surface area contributed by atoms with Gasteiger partial charge in [0, 0.05) is 24.0 Å². The number of rotatable bonds is 6. The molecule has 1 heterocycles. The van der Waals surface area contributed by atoms with E-state index in [1.54, 1.807) is 6.20 Å². The number of hydrogen-bond donors (Lipinski definition) is 0. The molecular weight excluding hydrogens is 316 g/mol. The van der Waals surface area contributed by atoms with E-state index in [2.05, 4.69) is 4.98 Å². The van der Waals surface area contributed by atoms with Gasteiger partial charge in [-0.1, -0.05) is 29.8 Å². The molecule has 0 saturated heterocycles. The zero-order valence-electron chi connectivity index (χ0n) is 12.7. The summed E-state index contributed by atoms with van der Waals surface area (Å²) >= 11 is 7.53. The van der Waals surface area contributed by atoms with Gasteiger partial charge in [-0.25, -0.2) is 0 Å². The van der Waals surface area contributed by atoms with Gasteiger partial charge in [-0.05, 0) is 42.5 Å². The number of thioether (sulfide) groups is 1. The Kier molecular flexibility index (Phi) is 6.28. The van der Waals surface area contributed by atoms with E-state index in [0.29, 0.717) is 17.3 Å². The van der Waals surface area contributed by atoms with Crippen LogP contribution < -0.4 is 0 Å². The molecule has 2 aromatic rings. The second-order valence-electron chi connectivity index (χ2n) is 4.85. The highest BCUT2D eigenvalue weighted by atomic mass is 35.5. The molecule has 5 heteroatoms. The summed E-state index contributed by atoms with van der Waals surface area (Å²) in [5.74, 6) is 0.594. The molecular formula is C17H19ClN2OS. The molecule has 1 aromatic carbocycles. The fourth-order valence-electron chi connectivity index (χ4n) is 2.44. The standard InChI is InChI=1S/C17H19ClN2OS/c1-3-20(16(21)12-22-2)17(14-5-4-10-19-11-14)13-6-8-15(18)9-7-13/h4-11,17H,3,12H2,1-2H3/t17-/m0/s1. The van der Waals surface area contributed by atoms with Gasteiger partial charge in [-0.3, -0.25) is 9.78 Å². The fourth-order valence-corrected chi connectivity index (χ4v) is 2.98. The Hall–Kier alpha value is -1.52. The molecule has 0 aliphatic rings. The molecule has 0 fully saturated rings. The number of carbonyl (C=O) groups excluding carboxylic acids is 1. The van der Waals surface area contributed by atoms with Crippen LogP contribution in [0.4, 0.5) is 0 Å². The molecule has 1 atom stereocenters. The third-order valence-electron chi connectivity index (χ3n) is 3.43. The summed E-state index contributed by atoms with van der Waals surface area (Å²) in [5.41, 5.74) is 2.04. The summed E-state index contributed by atoms with van der Waals surface area (Å²) in [6, 6.07) is 11.4. The Balaban J connectivity index is 2.45. The molecule has 0 unspecified atom stereocenters. The molecule has 22 heavy (non-hydrogen) atoms. The van der Waals surface area contributed by atoms with Crippen LogP contribution in [0.25, 0.3) is 0 Å². The molecule has 0 N–H and O–H groups in total. The number of nitrogens with zero attached hydrogens (tertiary/aromatic N) is 2. The van der Waals surface area contributed by atoms with Gasteiger partial charge in [0.1, 0.15) is 0 Å². The predicted molar refractivity (Wildman–Crippen MR) is 93.3 cm³/mol. The van der Waals surface area contributed by atoms with Crippen LogP contribution in [0.5, 0.6) is 0 Å². The third kappa shape index (κ3) is 4.02. The van der Waals surface area contributed by atoms with Crippen molar-refractivity contribution >= 4 is 29.3 Å². The first-order valence-electron chi connectivity index (χ1n) is 7.11. The van der Waals surface area contributed by atoms with Crippen LogP contribution in [-0.4, -0.2) is 34.3 Å².